The van der Waals surface area contributed by atoms with E-state index in [4.69, 9.17) is 16.3 Å². The molecule has 0 aliphatic heterocycles. The van der Waals surface area contributed by atoms with Gasteiger partial charge in [-0.25, -0.2) is 0 Å². The van der Waals surface area contributed by atoms with E-state index in [2.05, 4.69) is 5.32 Å². The van der Waals surface area contributed by atoms with Gasteiger partial charge in [-0.05, 0) is 29.3 Å². The molecule has 2 N–H and O–H groups in total. The number of phenols is 1. The van der Waals surface area contributed by atoms with Crippen LogP contribution in [0.1, 0.15) is 11.1 Å². The van der Waals surface area contributed by atoms with E-state index in [1.54, 1.807) is 6.07 Å². The highest BCUT2D eigenvalue weighted by atomic mass is 35.5. The van der Waals surface area contributed by atoms with Crippen LogP contribution in [0.25, 0.3) is 0 Å². The zero-order valence-electron chi connectivity index (χ0n) is 10.7. The second kappa shape index (κ2) is 6.45. The number of nitrogens with one attached hydrogen (secondary N) is 1. The highest BCUT2D eigenvalue weighted by molar-refractivity contribution is 6.31. The van der Waals surface area contributed by atoms with Crippen LogP contribution in [0.3, 0.4) is 0 Å². The number of hydrogen-bond donors (Lipinski definition) is 2. The molecule has 0 heterocycles. The molecular formula is C15H16ClNO2. The number of phenolic OH excluding ortho intramolecular Hbond substituents is 1. The number of hydrogen-bond acceptors (Lipinski definition) is 3. The second-order valence-electron chi connectivity index (χ2n) is 4.20. The SMILES string of the molecule is COc1cc(CNCc2ccccc2Cl)ccc1O. The Morgan fingerprint density at radius 1 is 1.16 bits per heavy atom. The van der Waals surface area contributed by atoms with E-state index in [1.165, 1.54) is 7.11 Å². The molecule has 0 unspecified atom stereocenters. The summed E-state index contributed by atoms with van der Waals surface area (Å²) in [6.45, 7) is 1.38. The van der Waals surface area contributed by atoms with Crippen LogP contribution >= 0.6 is 11.6 Å². The predicted octanol–water partition coefficient (Wildman–Crippen LogP) is 3.34. The van der Waals surface area contributed by atoms with Crippen LogP contribution in [0.15, 0.2) is 42.5 Å². The lowest BCUT2D eigenvalue weighted by Gasteiger charge is -2.09. The maximum absolute atomic E-state index is 9.51. The minimum Gasteiger partial charge on any atom is -0.504 e. The van der Waals surface area contributed by atoms with Crippen molar-refractivity contribution >= 4 is 11.6 Å². The highest BCUT2D eigenvalue weighted by Crippen LogP contribution is 2.26. The lowest BCUT2D eigenvalue weighted by atomic mass is 10.2. The fourth-order valence-electron chi connectivity index (χ4n) is 1.82. The number of aromatic hydroxyl groups is 1. The summed E-state index contributed by atoms with van der Waals surface area (Å²) in [4.78, 5) is 0. The van der Waals surface area contributed by atoms with Crippen molar-refractivity contribution in [1.29, 1.82) is 0 Å². The predicted molar refractivity (Wildman–Crippen MR) is 76.7 cm³/mol. The van der Waals surface area contributed by atoms with Gasteiger partial charge in [0.25, 0.3) is 0 Å². The van der Waals surface area contributed by atoms with E-state index in [1.807, 2.05) is 36.4 Å². The Morgan fingerprint density at radius 2 is 1.95 bits per heavy atom. The maximum atomic E-state index is 9.51. The largest absolute Gasteiger partial charge is 0.504 e. The lowest BCUT2D eigenvalue weighted by Crippen LogP contribution is -2.12. The topological polar surface area (TPSA) is 41.5 Å². The molecule has 0 aromatic heterocycles. The number of methoxy groups -OCH3 is 1. The minimum absolute atomic E-state index is 0.150. The van der Waals surface area contributed by atoms with Crippen molar-refractivity contribution < 1.29 is 9.84 Å². The molecule has 2 aromatic carbocycles. The van der Waals surface area contributed by atoms with E-state index in [0.717, 1.165) is 16.1 Å². The van der Waals surface area contributed by atoms with Crippen LogP contribution in [-0.2, 0) is 13.1 Å². The summed E-state index contributed by atoms with van der Waals surface area (Å²) in [6.07, 6.45) is 0. The van der Waals surface area contributed by atoms with Gasteiger partial charge in [0.1, 0.15) is 0 Å². The van der Waals surface area contributed by atoms with Gasteiger partial charge in [0, 0.05) is 18.1 Å². The van der Waals surface area contributed by atoms with Crippen molar-refractivity contribution in [2.45, 2.75) is 13.1 Å². The van der Waals surface area contributed by atoms with Gasteiger partial charge < -0.3 is 15.2 Å². The molecule has 0 aliphatic carbocycles. The van der Waals surface area contributed by atoms with Gasteiger partial charge in [-0.15, -0.1) is 0 Å². The third-order valence-corrected chi connectivity index (χ3v) is 3.22. The van der Waals surface area contributed by atoms with Crippen molar-refractivity contribution in [2.24, 2.45) is 0 Å². The highest BCUT2D eigenvalue weighted by Gasteiger charge is 2.03. The quantitative estimate of drug-likeness (QED) is 0.881. The summed E-state index contributed by atoms with van der Waals surface area (Å²) in [5.74, 6) is 0.634. The minimum atomic E-state index is 0.150. The van der Waals surface area contributed by atoms with Crippen LogP contribution in [0.5, 0.6) is 11.5 Å². The average Bonchev–Trinajstić information content (AvgIpc) is 2.43. The van der Waals surface area contributed by atoms with E-state index >= 15 is 0 Å². The molecule has 0 saturated heterocycles. The Kier molecular flexibility index (Phi) is 4.66. The Labute approximate surface area is 117 Å². The molecule has 0 atom stereocenters. The van der Waals surface area contributed by atoms with Gasteiger partial charge in [0.05, 0.1) is 7.11 Å². The lowest BCUT2D eigenvalue weighted by molar-refractivity contribution is 0.373. The van der Waals surface area contributed by atoms with Crippen molar-refractivity contribution in [3.63, 3.8) is 0 Å². The van der Waals surface area contributed by atoms with E-state index in [0.29, 0.717) is 18.8 Å². The monoisotopic (exact) mass is 277 g/mol. The number of halogens is 1. The molecule has 4 heteroatoms. The Bertz CT molecular complexity index is 558. The zero-order valence-corrected chi connectivity index (χ0v) is 11.4. The standard InChI is InChI=1S/C15H16ClNO2/c1-19-15-8-11(6-7-14(15)18)9-17-10-12-4-2-3-5-13(12)16/h2-8,17-18H,9-10H2,1H3. The summed E-state index contributed by atoms with van der Waals surface area (Å²) in [6, 6.07) is 13.1. The Balaban J connectivity index is 1.94. The van der Waals surface area contributed by atoms with E-state index in [-0.39, 0.29) is 5.75 Å². The van der Waals surface area contributed by atoms with Gasteiger partial charge in [-0.1, -0.05) is 35.9 Å². The van der Waals surface area contributed by atoms with Gasteiger partial charge >= 0.3 is 0 Å². The van der Waals surface area contributed by atoms with Gasteiger partial charge in [-0.2, -0.15) is 0 Å². The Hall–Kier alpha value is -1.71. The molecule has 0 bridgehead atoms. The van der Waals surface area contributed by atoms with E-state index < -0.39 is 0 Å². The van der Waals surface area contributed by atoms with Gasteiger partial charge in [-0.3, -0.25) is 0 Å². The van der Waals surface area contributed by atoms with Crippen LogP contribution < -0.4 is 10.1 Å². The van der Waals surface area contributed by atoms with Crippen molar-refractivity contribution in [3.8, 4) is 11.5 Å². The third-order valence-electron chi connectivity index (χ3n) is 2.85. The normalized spacial score (nSPS) is 10.4. The number of rotatable bonds is 5. The Morgan fingerprint density at radius 3 is 2.68 bits per heavy atom. The molecule has 3 nitrogen and oxygen atoms in total. The van der Waals surface area contributed by atoms with Crippen molar-refractivity contribution in [1.82, 2.24) is 5.32 Å². The summed E-state index contributed by atoms with van der Waals surface area (Å²) in [5.41, 5.74) is 2.11. The molecule has 0 amide bonds. The molecule has 0 spiro atoms. The third kappa shape index (κ3) is 3.63. The van der Waals surface area contributed by atoms with E-state index in [9.17, 15) is 5.11 Å². The first-order chi connectivity index (χ1) is 9.20. The number of ether oxygens (including phenoxy) is 1. The van der Waals surface area contributed by atoms with Gasteiger partial charge in [0.2, 0.25) is 0 Å². The molecular weight excluding hydrogens is 262 g/mol. The molecule has 2 aromatic rings. The molecule has 0 radical (unpaired) electrons. The average molecular weight is 278 g/mol. The first-order valence-corrected chi connectivity index (χ1v) is 6.38. The fraction of sp³-hybridized carbons (Fsp3) is 0.200. The summed E-state index contributed by atoms with van der Waals surface area (Å²) in [5, 5.41) is 13.6. The zero-order chi connectivity index (χ0) is 13.7. The first-order valence-electron chi connectivity index (χ1n) is 6.00. The van der Waals surface area contributed by atoms with Crippen molar-refractivity contribution in [3.05, 3.63) is 58.6 Å². The van der Waals surface area contributed by atoms with Crippen LogP contribution in [0.2, 0.25) is 5.02 Å². The van der Waals surface area contributed by atoms with Crippen LogP contribution in [-0.4, -0.2) is 12.2 Å². The fourth-order valence-corrected chi connectivity index (χ4v) is 2.02. The summed E-state index contributed by atoms with van der Waals surface area (Å²) in [7, 11) is 1.54. The van der Waals surface area contributed by atoms with Crippen LogP contribution in [0.4, 0.5) is 0 Å². The molecule has 100 valence electrons. The molecule has 0 aliphatic rings. The van der Waals surface area contributed by atoms with Crippen LogP contribution in [0, 0.1) is 0 Å². The molecule has 0 saturated carbocycles. The maximum Gasteiger partial charge on any atom is 0.160 e. The second-order valence-corrected chi connectivity index (χ2v) is 4.61. The molecule has 2 rings (SSSR count). The van der Waals surface area contributed by atoms with Gasteiger partial charge in [0.15, 0.2) is 11.5 Å². The van der Waals surface area contributed by atoms with Crippen molar-refractivity contribution in [2.75, 3.05) is 7.11 Å². The summed E-state index contributed by atoms with van der Waals surface area (Å²) >= 11 is 6.08. The molecule has 19 heavy (non-hydrogen) atoms. The number of benzene rings is 2. The molecule has 0 fully saturated rings. The first kappa shape index (κ1) is 13.7. The summed E-state index contributed by atoms with van der Waals surface area (Å²) < 4.78 is 5.07. The smallest absolute Gasteiger partial charge is 0.160 e.